The molecule has 2 aromatic carbocycles. The minimum atomic E-state index is -1.24. The third-order valence-corrected chi connectivity index (χ3v) is 6.64. The van der Waals surface area contributed by atoms with Gasteiger partial charge < -0.3 is 20.1 Å². The molecule has 0 saturated heterocycles. The van der Waals surface area contributed by atoms with Crippen molar-refractivity contribution in [3.63, 3.8) is 0 Å². The van der Waals surface area contributed by atoms with Gasteiger partial charge in [0.1, 0.15) is 11.7 Å². The number of nitrogens with one attached hydrogen (secondary N) is 2. The van der Waals surface area contributed by atoms with E-state index in [0.29, 0.717) is 17.9 Å². The zero-order chi connectivity index (χ0) is 25.5. The van der Waals surface area contributed by atoms with E-state index in [1.54, 1.807) is 24.3 Å². The third kappa shape index (κ3) is 5.84. The highest BCUT2D eigenvalue weighted by atomic mass is 32.2. The maximum atomic E-state index is 13.0. The van der Waals surface area contributed by atoms with Crippen molar-refractivity contribution in [2.24, 2.45) is 5.92 Å². The number of rotatable bonds is 8. The Labute approximate surface area is 208 Å². The second-order valence-corrected chi connectivity index (χ2v) is 8.91. The van der Waals surface area contributed by atoms with E-state index in [-0.39, 0.29) is 22.3 Å². The first kappa shape index (κ1) is 25.8. The number of nitrogens with zero attached hydrogens (tertiary/aromatic N) is 1. The van der Waals surface area contributed by atoms with Crippen LogP contribution in [0.25, 0.3) is 0 Å². The van der Waals surface area contributed by atoms with E-state index in [4.69, 9.17) is 9.47 Å². The number of amides is 2. The van der Waals surface area contributed by atoms with E-state index < -0.39 is 23.7 Å². The number of nitriles is 1. The smallest absolute Gasteiger partial charge is 0.319 e. The molecule has 0 bridgehead atoms. The molecular weight excluding hydrogens is 466 g/mol. The number of aryl methyl sites for hydroxylation is 2. The van der Waals surface area contributed by atoms with Gasteiger partial charge >= 0.3 is 5.97 Å². The molecular formula is C26H27N3O5S. The van der Waals surface area contributed by atoms with Crippen LogP contribution in [0.3, 0.4) is 0 Å². The molecule has 0 spiro atoms. The lowest BCUT2D eigenvalue weighted by Gasteiger charge is -2.31. The molecule has 1 aliphatic rings. The standard InChI is InChI=1S/C26H27N3O5S/c1-5-34-18-11-9-17(10-12-18)21-19(13-27)25(29-24(31)22(21)26(32)33-4)35-14-20(30)28-23-15(2)7-6-8-16(23)3/h6-12,21-22H,5,14H2,1-4H3,(H,28,30)(H,29,31)/t21-,22+/m1/s1. The van der Waals surface area contributed by atoms with Crippen LogP contribution in [0.2, 0.25) is 0 Å². The highest BCUT2D eigenvalue weighted by Gasteiger charge is 2.44. The summed E-state index contributed by atoms with van der Waals surface area (Å²) < 4.78 is 10.3. The first-order chi connectivity index (χ1) is 16.8. The highest BCUT2D eigenvalue weighted by Crippen LogP contribution is 2.40. The van der Waals surface area contributed by atoms with Crippen molar-refractivity contribution in [2.75, 3.05) is 24.8 Å². The normalized spacial score (nSPS) is 17.3. The third-order valence-electron chi connectivity index (χ3n) is 5.63. The van der Waals surface area contributed by atoms with E-state index in [9.17, 15) is 19.6 Å². The number of allylic oxidation sites excluding steroid dienone is 1. The molecule has 2 amide bonds. The van der Waals surface area contributed by atoms with Crippen molar-refractivity contribution in [1.82, 2.24) is 5.32 Å². The van der Waals surface area contributed by atoms with Gasteiger partial charge in [-0.05, 0) is 49.6 Å². The van der Waals surface area contributed by atoms with Gasteiger partial charge in [-0.2, -0.15) is 5.26 Å². The van der Waals surface area contributed by atoms with Crippen LogP contribution in [0.15, 0.2) is 53.1 Å². The fourth-order valence-corrected chi connectivity index (χ4v) is 4.79. The lowest BCUT2D eigenvalue weighted by molar-refractivity contribution is -0.150. The topological polar surface area (TPSA) is 118 Å². The molecule has 2 N–H and O–H groups in total. The molecule has 8 nitrogen and oxygen atoms in total. The Hall–Kier alpha value is -3.77. The molecule has 1 aliphatic heterocycles. The van der Waals surface area contributed by atoms with E-state index in [2.05, 4.69) is 16.7 Å². The predicted octanol–water partition coefficient (Wildman–Crippen LogP) is 3.81. The van der Waals surface area contributed by atoms with Crippen LogP contribution < -0.4 is 15.4 Å². The molecule has 0 aromatic heterocycles. The van der Waals surface area contributed by atoms with Crippen molar-refractivity contribution < 1.29 is 23.9 Å². The Morgan fingerprint density at radius 1 is 1.14 bits per heavy atom. The Kier molecular flexibility index (Phi) is 8.55. The van der Waals surface area contributed by atoms with E-state index in [1.807, 2.05) is 39.0 Å². The van der Waals surface area contributed by atoms with Gasteiger partial charge in [-0.25, -0.2) is 0 Å². The summed E-state index contributed by atoms with van der Waals surface area (Å²) in [4.78, 5) is 38.1. The summed E-state index contributed by atoms with van der Waals surface area (Å²) >= 11 is 1.04. The van der Waals surface area contributed by atoms with Crippen LogP contribution in [0.4, 0.5) is 5.69 Å². The number of para-hydroxylation sites is 1. The van der Waals surface area contributed by atoms with Gasteiger partial charge in [0.05, 0.1) is 36.1 Å². The molecule has 0 unspecified atom stereocenters. The molecule has 0 saturated carbocycles. The fourth-order valence-electron chi connectivity index (χ4n) is 3.94. The van der Waals surface area contributed by atoms with E-state index in [1.165, 1.54) is 7.11 Å². The first-order valence-electron chi connectivity index (χ1n) is 11.0. The van der Waals surface area contributed by atoms with Gasteiger partial charge in [0.15, 0.2) is 0 Å². The van der Waals surface area contributed by atoms with Gasteiger partial charge in [0, 0.05) is 11.6 Å². The van der Waals surface area contributed by atoms with Crippen molar-refractivity contribution in [3.8, 4) is 11.8 Å². The molecule has 0 fully saturated rings. The highest BCUT2D eigenvalue weighted by molar-refractivity contribution is 8.03. The average Bonchev–Trinajstić information content (AvgIpc) is 2.85. The number of methoxy groups -OCH3 is 1. The Morgan fingerprint density at radius 2 is 1.80 bits per heavy atom. The molecule has 1 heterocycles. The fraction of sp³-hybridized carbons (Fsp3) is 0.308. The number of anilines is 1. The van der Waals surface area contributed by atoms with E-state index in [0.717, 1.165) is 28.6 Å². The Morgan fingerprint density at radius 3 is 2.37 bits per heavy atom. The monoisotopic (exact) mass is 493 g/mol. The molecule has 35 heavy (non-hydrogen) atoms. The van der Waals surface area contributed by atoms with Crippen LogP contribution in [-0.2, 0) is 19.1 Å². The molecule has 2 aromatic rings. The first-order valence-corrected chi connectivity index (χ1v) is 12.0. The van der Waals surface area contributed by atoms with Crippen molar-refractivity contribution in [3.05, 3.63) is 69.8 Å². The van der Waals surface area contributed by atoms with Crippen LogP contribution in [0, 0.1) is 31.1 Å². The lowest BCUT2D eigenvalue weighted by atomic mass is 9.78. The summed E-state index contributed by atoms with van der Waals surface area (Å²) in [5.41, 5.74) is 3.38. The Balaban J connectivity index is 1.90. The van der Waals surface area contributed by atoms with Gasteiger partial charge in [0.25, 0.3) is 0 Å². The summed E-state index contributed by atoms with van der Waals surface area (Å²) in [5.74, 6) is -3.11. The maximum absolute atomic E-state index is 13.0. The van der Waals surface area contributed by atoms with Crippen LogP contribution in [-0.4, -0.2) is 37.3 Å². The number of hydrogen-bond donors (Lipinski definition) is 2. The van der Waals surface area contributed by atoms with Gasteiger partial charge in [-0.15, -0.1) is 0 Å². The summed E-state index contributed by atoms with van der Waals surface area (Å²) in [6.45, 7) is 6.16. The number of ether oxygens (including phenoxy) is 2. The number of hydrogen-bond acceptors (Lipinski definition) is 7. The van der Waals surface area contributed by atoms with Crippen molar-refractivity contribution in [1.29, 1.82) is 5.26 Å². The van der Waals surface area contributed by atoms with Crippen LogP contribution >= 0.6 is 11.8 Å². The number of carbonyl (C=O) groups is 3. The number of benzene rings is 2. The van der Waals surface area contributed by atoms with Gasteiger partial charge in [-0.3, -0.25) is 14.4 Å². The molecule has 0 radical (unpaired) electrons. The number of carbonyl (C=O) groups excluding carboxylic acids is 3. The average molecular weight is 494 g/mol. The van der Waals surface area contributed by atoms with Crippen LogP contribution in [0.5, 0.6) is 5.75 Å². The zero-order valence-electron chi connectivity index (χ0n) is 20.0. The summed E-state index contributed by atoms with van der Waals surface area (Å²) in [6, 6.07) is 14.7. The number of thioether (sulfide) groups is 1. The molecule has 2 atom stereocenters. The van der Waals surface area contributed by atoms with E-state index >= 15 is 0 Å². The van der Waals surface area contributed by atoms with Gasteiger partial charge in [0.2, 0.25) is 11.8 Å². The molecule has 182 valence electrons. The minimum Gasteiger partial charge on any atom is -0.494 e. The second kappa shape index (κ2) is 11.6. The SMILES string of the molecule is CCOc1ccc([C@@H]2C(C#N)=C(SCC(=O)Nc3c(C)cccc3C)NC(=O)[C@H]2C(=O)OC)cc1. The van der Waals surface area contributed by atoms with Crippen LogP contribution in [0.1, 0.15) is 29.5 Å². The molecule has 3 rings (SSSR count). The van der Waals surface area contributed by atoms with Gasteiger partial charge in [-0.1, -0.05) is 42.1 Å². The second-order valence-electron chi connectivity index (χ2n) is 7.93. The lowest BCUT2D eigenvalue weighted by Crippen LogP contribution is -2.44. The molecule has 9 heteroatoms. The largest absolute Gasteiger partial charge is 0.494 e. The summed E-state index contributed by atoms with van der Waals surface area (Å²) in [6.07, 6.45) is 0. The predicted molar refractivity (Wildman–Crippen MR) is 134 cm³/mol. The maximum Gasteiger partial charge on any atom is 0.319 e. The van der Waals surface area contributed by atoms with Crippen molar-refractivity contribution in [2.45, 2.75) is 26.7 Å². The quantitative estimate of drug-likeness (QED) is 0.424. The summed E-state index contributed by atoms with van der Waals surface area (Å²) in [5, 5.41) is 15.8. The Bertz CT molecular complexity index is 1180. The number of esters is 1. The molecule has 0 aliphatic carbocycles. The van der Waals surface area contributed by atoms with Crippen molar-refractivity contribution >= 4 is 35.2 Å². The zero-order valence-corrected chi connectivity index (χ0v) is 20.8. The minimum absolute atomic E-state index is 0.0343. The summed E-state index contributed by atoms with van der Waals surface area (Å²) in [7, 11) is 1.20.